The number of ether oxygens (including phenoxy) is 1. The molecule has 0 saturated carbocycles. The summed E-state index contributed by atoms with van der Waals surface area (Å²) >= 11 is 5.93. The summed E-state index contributed by atoms with van der Waals surface area (Å²) in [5, 5.41) is 3.36. The molecule has 0 saturated heterocycles. The van der Waals surface area contributed by atoms with Gasteiger partial charge in [0.1, 0.15) is 12.3 Å². The van der Waals surface area contributed by atoms with E-state index in [2.05, 4.69) is 5.32 Å². The van der Waals surface area contributed by atoms with Crippen LogP contribution in [0.3, 0.4) is 0 Å². The maximum atomic E-state index is 13.2. The zero-order valence-electron chi connectivity index (χ0n) is 16.2. The van der Waals surface area contributed by atoms with Gasteiger partial charge in [0.15, 0.2) is 0 Å². The summed E-state index contributed by atoms with van der Waals surface area (Å²) in [4.78, 5) is 12.6. The van der Waals surface area contributed by atoms with Crippen molar-refractivity contribution in [3.8, 4) is 5.75 Å². The molecule has 0 aliphatic rings. The first-order valence-electron chi connectivity index (χ1n) is 9.03. The van der Waals surface area contributed by atoms with E-state index in [0.717, 1.165) is 17.1 Å². The number of sulfonamides is 1. The van der Waals surface area contributed by atoms with E-state index in [1.165, 1.54) is 19.2 Å². The molecule has 0 fully saturated rings. The van der Waals surface area contributed by atoms with Gasteiger partial charge in [-0.15, -0.1) is 0 Å². The molecule has 0 radical (unpaired) electrons. The van der Waals surface area contributed by atoms with Gasteiger partial charge in [0.25, 0.3) is 10.0 Å². The molecule has 0 heterocycles. The molecule has 2 rings (SSSR count). The van der Waals surface area contributed by atoms with Crippen molar-refractivity contribution in [2.75, 3.05) is 18.0 Å². The number of anilines is 1. The van der Waals surface area contributed by atoms with Crippen LogP contribution >= 0.6 is 11.6 Å². The van der Waals surface area contributed by atoms with Gasteiger partial charge in [-0.2, -0.15) is 0 Å². The number of rotatable bonds is 9. The second-order valence-corrected chi connectivity index (χ2v) is 8.54. The van der Waals surface area contributed by atoms with Crippen LogP contribution in [0.25, 0.3) is 0 Å². The second-order valence-electron chi connectivity index (χ2n) is 6.24. The molecule has 0 aromatic heterocycles. The molecule has 1 amide bonds. The number of nitrogens with zero attached hydrogens (tertiary/aromatic N) is 1. The van der Waals surface area contributed by atoms with Crippen LogP contribution in [0.15, 0.2) is 53.4 Å². The summed E-state index contributed by atoms with van der Waals surface area (Å²) in [7, 11) is -2.46. The highest BCUT2D eigenvalue weighted by molar-refractivity contribution is 7.92. The standard InChI is InChI=1S/C20H25ClN2O4S/c1-4-16(5-2)22-20(24)14-23(17-8-6-15(21)7-9-17)28(25,26)19-12-10-18(27-3)11-13-19/h6-13,16H,4-5,14H2,1-3H3,(H,22,24). The molecule has 0 spiro atoms. The van der Waals surface area contributed by atoms with E-state index in [9.17, 15) is 13.2 Å². The molecule has 0 aliphatic carbocycles. The van der Waals surface area contributed by atoms with Gasteiger partial charge in [-0.3, -0.25) is 9.10 Å². The smallest absolute Gasteiger partial charge is 0.264 e. The van der Waals surface area contributed by atoms with Crippen LogP contribution in [0.1, 0.15) is 26.7 Å². The minimum atomic E-state index is -3.96. The Hall–Kier alpha value is -2.25. The quantitative estimate of drug-likeness (QED) is 0.663. The van der Waals surface area contributed by atoms with E-state index in [4.69, 9.17) is 16.3 Å². The number of halogens is 1. The second kappa shape index (κ2) is 9.80. The number of benzene rings is 2. The molecule has 0 aliphatic heterocycles. The molecule has 0 bridgehead atoms. The van der Waals surface area contributed by atoms with Crippen LogP contribution in [0.5, 0.6) is 5.75 Å². The number of carbonyl (C=O) groups excluding carboxylic acids is 1. The predicted octanol–water partition coefficient (Wildman–Crippen LogP) is 3.85. The van der Waals surface area contributed by atoms with E-state index in [1.54, 1.807) is 36.4 Å². The van der Waals surface area contributed by atoms with E-state index in [0.29, 0.717) is 16.5 Å². The Kier molecular flexibility index (Phi) is 7.71. The van der Waals surface area contributed by atoms with Crippen LogP contribution < -0.4 is 14.4 Å². The summed E-state index contributed by atoms with van der Waals surface area (Å²) < 4.78 is 32.7. The highest BCUT2D eigenvalue weighted by Gasteiger charge is 2.27. The Bertz CT molecular complexity index is 879. The van der Waals surface area contributed by atoms with Crippen LogP contribution in [0, 0.1) is 0 Å². The van der Waals surface area contributed by atoms with Crippen molar-refractivity contribution < 1.29 is 17.9 Å². The molecule has 152 valence electrons. The summed E-state index contributed by atoms with van der Waals surface area (Å²) in [5.74, 6) is 0.184. The average molecular weight is 425 g/mol. The maximum Gasteiger partial charge on any atom is 0.264 e. The molecule has 8 heteroatoms. The van der Waals surface area contributed by atoms with Crippen molar-refractivity contribution in [2.24, 2.45) is 0 Å². The Morgan fingerprint density at radius 2 is 1.64 bits per heavy atom. The lowest BCUT2D eigenvalue weighted by Gasteiger charge is -2.25. The van der Waals surface area contributed by atoms with Gasteiger partial charge < -0.3 is 10.1 Å². The normalized spacial score (nSPS) is 11.3. The number of methoxy groups -OCH3 is 1. The van der Waals surface area contributed by atoms with Gasteiger partial charge in [0.2, 0.25) is 5.91 Å². The lowest BCUT2D eigenvalue weighted by atomic mass is 10.2. The van der Waals surface area contributed by atoms with Crippen molar-refractivity contribution in [3.63, 3.8) is 0 Å². The largest absolute Gasteiger partial charge is 0.497 e. The molecule has 28 heavy (non-hydrogen) atoms. The third kappa shape index (κ3) is 5.39. The summed E-state index contributed by atoms with van der Waals surface area (Å²) in [5.41, 5.74) is 0.361. The maximum absolute atomic E-state index is 13.2. The fraction of sp³-hybridized carbons (Fsp3) is 0.350. The van der Waals surface area contributed by atoms with Gasteiger partial charge in [0, 0.05) is 11.1 Å². The van der Waals surface area contributed by atoms with Crippen LogP contribution in [0.4, 0.5) is 5.69 Å². The van der Waals surface area contributed by atoms with E-state index >= 15 is 0 Å². The highest BCUT2D eigenvalue weighted by atomic mass is 35.5. The van der Waals surface area contributed by atoms with Crippen LogP contribution in [-0.2, 0) is 14.8 Å². The zero-order chi connectivity index (χ0) is 20.7. The van der Waals surface area contributed by atoms with Crippen molar-refractivity contribution in [2.45, 2.75) is 37.6 Å². The van der Waals surface area contributed by atoms with Crippen LogP contribution in [0.2, 0.25) is 5.02 Å². The minimum Gasteiger partial charge on any atom is -0.497 e. The summed E-state index contributed by atoms with van der Waals surface area (Å²) in [6.07, 6.45) is 1.54. The average Bonchev–Trinajstić information content (AvgIpc) is 2.71. The van der Waals surface area contributed by atoms with Gasteiger partial charge in [-0.05, 0) is 61.4 Å². The first-order valence-corrected chi connectivity index (χ1v) is 10.8. The van der Waals surface area contributed by atoms with E-state index in [1.807, 2.05) is 13.8 Å². The number of amides is 1. The molecule has 2 aromatic rings. The van der Waals surface area contributed by atoms with Crippen molar-refractivity contribution >= 4 is 33.2 Å². The molecule has 0 unspecified atom stereocenters. The Morgan fingerprint density at radius 3 is 2.14 bits per heavy atom. The van der Waals surface area contributed by atoms with E-state index in [-0.39, 0.29) is 23.4 Å². The molecular weight excluding hydrogens is 400 g/mol. The first kappa shape index (κ1) is 22.0. The van der Waals surface area contributed by atoms with Gasteiger partial charge in [-0.1, -0.05) is 25.4 Å². The SMILES string of the molecule is CCC(CC)NC(=O)CN(c1ccc(Cl)cc1)S(=O)(=O)c1ccc(OC)cc1. The Morgan fingerprint density at radius 1 is 1.07 bits per heavy atom. The highest BCUT2D eigenvalue weighted by Crippen LogP contribution is 2.26. The van der Waals surface area contributed by atoms with Gasteiger partial charge in [0.05, 0.1) is 17.7 Å². The monoisotopic (exact) mass is 424 g/mol. The zero-order valence-corrected chi connectivity index (χ0v) is 17.8. The number of carbonyl (C=O) groups is 1. The van der Waals surface area contributed by atoms with Crippen molar-refractivity contribution in [1.82, 2.24) is 5.32 Å². The van der Waals surface area contributed by atoms with Crippen molar-refractivity contribution in [1.29, 1.82) is 0 Å². The molecule has 1 N–H and O–H groups in total. The number of hydrogen-bond acceptors (Lipinski definition) is 4. The molecule has 6 nitrogen and oxygen atoms in total. The lowest BCUT2D eigenvalue weighted by molar-refractivity contribution is -0.120. The number of nitrogens with one attached hydrogen (secondary N) is 1. The molecule has 0 atom stereocenters. The predicted molar refractivity (Wildman–Crippen MR) is 111 cm³/mol. The first-order chi connectivity index (χ1) is 13.3. The Labute approximate surface area is 171 Å². The molecular formula is C20H25ClN2O4S. The van der Waals surface area contributed by atoms with Gasteiger partial charge in [-0.25, -0.2) is 8.42 Å². The third-order valence-corrected chi connectivity index (χ3v) is 6.44. The van der Waals surface area contributed by atoms with Crippen LogP contribution in [-0.4, -0.2) is 34.0 Å². The Balaban J connectivity index is 2.39. The molecule has 2 aromatic carbocycles. The van der Waals surface area contributed by atoms with E-state index < -0.39 is 10.0 Å². The fourth-order valence-electron chi connectivity index (χ4n) is 2.69. The lowest BCUT2D eigenvalue weighted by Crippen LogP contribution is -2.44. The topological polar surface area (TPSA) is 75.7 Å². The van der Waals surface area contributed by atoms with Crippen molar-refractivity contribution in [3.05, 3.63) is 53.6 Å². The van der Waals surface area contributed by atoms with Gasteiger partial charge >= 0.3 is 0 Å². The summed E-state index contributed by atoms with van der Waals surface area (Å²) in [6, 6.07) is 12.4. The third-order valence-electron chi connectivity index (χ3n) is 4.40. The summed E-state index contributed by atoms with van der Waals surface area (Å²) in [6.45, 7) is 3.62. The fourth-order valence-corrected chi connectivity index (χ4v) is 4.24. The number of hydrogen-bond donors (Lipinski definition) is 1. The minimum absolute atomic E-state index is 0.00302.